The molecule has 0 aliphatic heterocycles. The van der Waals surface area contributed by atoms with Gasteiger partial charge in [0.25, 0.3) is 5.91 Å². The number of hydrogen-bond donors (Lipinski definition) is 2. The van der Waals surface area contributed by atoms with E-state index in [1.54, 1.807) is 12.1 Å². The Hall–Kier alpha value is -1.49. The summed E-state index contributed by atoms with van der Waals surface area (Å²) in [6.07, 6.45) is 4.49. The van der Waals surface area contributed by atoms with Crippen molar-refractivity contribution in [3.05, 3.63) is 35.6 Å². The van der Waals surface area contributed by atoms with Crippen molar-refractivity contribution >= 4 is 23.1 Å². The Morgan fingerprint density at radius 3 is 2.47 bits per heavy atom. The second-order valence-corrected chi connectivity index (χ2v) is 5.38. The normalized spacial score (nSPS) is 17.7. The number of carbonyl (C=O) groups is 1. The molecule has 102 valence electrons. The van der Waals surface area contributed by atoms with Crippen LogP contribution in [0, 0.1) is 5.82 Å². The van der Waals surface area contributed by atoms with Crippen molar-refractivity contribution in [2.45, 2.75) is 37.6 Å². The lowest BCUT2D eigenvalue weighted by molar-refractivity contribution is 0.0904. The summed E-state index contributed by atoms with van der Waals surface area (Å²) in [5.74, 6) is -0.985. The van der Waals surface area contributed by atoms with E-state index in [1.165, 1.54) is 12.1 Å². The highest BCUT2D eigenvalue weighted by atomic mass is 32.1. The van der Waals surface area contributed by atoms with Crippen molar-refractivity contribution < 1.29 is 9.18 Å². The lowest BCUT2D eigenvalue weighted by Crippen LogP contribution is -2.57. The van der Waals surface area contributed by atoms with Gasteiger partial charge in [0.05, 0.1) is 16.1 Å². The number of amides is 1. The third kappa shape index (κ3) is 2.92. The second kappa shape index (κ2) is 5.65. The van der Waals surface area contributed by atoms with E-state index in [4.69, 9.17) is 18.0 Å². The van der Waals surface area contributed by atoms with E-state index in [9.17, 15) is 9.18 Å². The highest BCUT2D eigenvalue weighted by Gasteiger charge is 2.37. The molecule has 1 aromatic carbocycles. The summed E-state index contributed by atoms with van der Waals surface area (Å²) in [6, 6.07) is 5.91. The minimum absolute atomic E-state index is 0.0312. The van der Waals surface area contributed by atoms with Crippen LogP contribution in [0.3, 0.4) is 0 Å². The molecule has 19 heavy (non-hydrogen) atoms. The maximum absolute atomic E-state index is 13.6. The Morgan fingerprint density at radius 2 is 1.89 bits per heavy atom. The number of hydrogen-bond acceptors (Lipinski definition) is 2. The first kappa shape index (κ1) is 13.9. The van der Waals surface area contributed by atoms with Crippen LogP contribution < -0.4 is 11.1 Å². The van der Waals surface area contributed by atoms with E-state index in [0.717, 1.165) is 32.1 Å². The molecule has 0 bridgehead atoms. The van der Waals surface area contributed by atoms with Gasteiger partial charge in [-0.15, -0.1) is 0 Å². The molecule has 1 aromatic rings. The summed E-state index contributed by atoms with van der Waals surface area (Å²) in [6.45, 7) is 0. The summed E-state index contributed by atoms with van der Waals surface area (Å²) < 4.78 is 13.6. The smallest absolute Gasteiger partial charge is 0.255 e. The van der Waals surface area contributed by atoms with Gasteiger partial charge >= 0.3 is 0 Å². The summed E-state index contributed by atoms with van der Waals surface area (Å²) >= 11 is 5.10. The van der Waals surface area contributed by atoms with Gasteiger partial charge in [0.15, 0.2) is 0 Å². The van der Waals surface area contributed by atoms with Crippen LogP contribution in [0.25, 0.3) is 0 Å². The first-order valence-electron chi connectivity index (χ1n) is 6.42. The molecule has 3 nitrogen and oxygen atoms in total. The first-order chi connectivity index (χ1) is 9.05. The summed E-state index contributed by atoms with van der Waals surface area (Å²) in [7, 11) is 0. The Labute approximate surface area is 117 Å². The average Bonchev–Trinajstić information content (AvgIpc) is 2.40. The van der Waals surface area contributed by atoms with Crippen LogP contribution in [-0.4, -0.2) is 16.4 Å². The molecule has 0 spiro atoms. The predicted octanol–water partition coefficient (Wildman–Crippen LogP) is 2.54. The maximum Gasteiger partial charge on any atom is 0.255 e. The second-order valence-electron chi connectivity index (χ2n) is 4.94. The summed E-state index contributed by atoms with van der Waals surface area (Å²) in [4.78, 5) is 12.5. The Morgan fingerprint density at radius 1 is 1.26 bits per heavy atom. The van der Waals surface area contributed by atoms with Gasteiger partial charge < -0.3 is 11.1 Å². The molecule has 1 fully saturated rings. The predicted molar refractivity (Wildman–Crippen MR) is 76.5 cm³/mol. The number of nitrogens with one attached hydrogen (secondary N) is 1. The monoisotopic (exact) mass is 280 g/mol. The molecule has 2 rings (SSSR count). The number of nitrogens with two attached hydrogens (primary N) is 1. The van der Waals surface area contributed by atoms with E-state index in [0.29, 0.717) is 0 Å². The molecule has 3 N–H and O–H groups in total. The molecule has 1 saturated carbocycles. The van der Waals surface area contributed by atoms with Crippen molar-refractivity contribution in [1.29, 1.82) is 0 Å². The van der Waals surface area contributed by atoms with Gasteiger partial charge in [-0.3, -0.25) is 4.79 Å². The molecule has 1 aliphatic rings. The van der Waals surface area contributed by atoms with Gasteiger partial charge in [0.2, 0.25) is 0 Å². The van der Waals surface area contributed by atoms with Gasteiger partial charge in [-0.25, -0.2) is 4.39 Å². The van der Waals surface area contributed by atoms with Crippen molar-refractivity contribution in [2.75, 3.05) is 0 Å². The fraction of sp³-hybridized carbons (Fsp3) is 0.429. The van der Waals surface area contributed by atoms with Crippen LogP contribution in [0.2, 0.25) is 0 Å². The summed E-state index contributed by atoms with van der Waals surface area (Å²) in [5, 5.41) is 2.84. The van der Waals surface area contributed by atoms with E-state index >= 15 is 0 Å². The van der Waals surface area contributed by atoms with E-state index in [-0.39, 0.29) is 10.6 Å². The van der Waals surface area contributed by atoms with Crippen LogP contribution in [0.1, 0.15) is 42.5 Å². The van der Waals surface area contributed by atoms with E-state index < -0.39 is 17.3 Å². The van der Waals surface area contributed by atoms with Gasteiger partial charge in [-0.1, -0.05) is 43.6 Å². The highest BCUT2D eigenvalue weighted by Crippen LogP contribution is 2.29. The molecule has 0 heterocycles. The highest BCUT2D eigenvalue weighted by molar-refractivity contribution is 7.80. The number of halogens is 1. The maximum atomic E-state index is 13.6. The fourth-order valence-corrected chi connectivity index (χ4v) is 2.77. The van der Waals surface area contributed by atoms with E-state index in [2.05, 4.69) is 5.32 Å². The first-order valence-corrected chi connectivity index (χ1v) is 6.83. The van der Waals surface area contributed by atoms with Crippen LogP contribution in [-0.2, 0) is 0 Å². The molecule has 1 aliphatic carbocycles. The number of benzene rings is 1. The third-order valence-electron chi connectivity index (χ3n) is 3.65. The molecule has 0 atom stereocenters. The quantitative estimate of drug-likeness (QED) is 0.837. The molecule has 0 radical (unpaired) electrons. The Balaban J connectivity index is 2.20. The van der Waals surface area contributed by atoms with E-state index in [1.807, 2.05) is 0 Å². The summed E-state index contributed by atoms with van der Waals surface area (Å²) in [5.41, 5.74) is 5.16. The molecular formula is C14H17FN2OS. The molecule has 5 heteroatoms. The largest absolute Gasteiger partial charge is 0.391 e. The minimum Gasteiger partial charge on any atom is -0.391 e. The minimum atomic E-state index is -0.660. The molecule has 1 amide bonds. The topological polar surface area (TPSA) is 55.1 Å². The van der Waals surface area contributed by atoms with Gasteiger partial charge in [0, 0.05) is 0 Å². The Kier molecular flexibility index (Phi) is 4.14. The zero-order chi connectivity index (χ0) is 13.9. The van der Waals surface area contributed by atoms with Crippen LogP contribution in [0.5, 0.6) is 0 Å². The zero-order valence-electron chi connectivity index (χ0n) is 10.6. The van der Waals surface area contributed by atoms with Crippen molar-refractivity contribution in [3.8, 4) is 0 Å². The standard InChI is InChI=1S/C14H17FN2OS/c15-11-7-3-2-6-10(11)12(18)17-14(13(16)19)8-4-1-5-9-14/h2-3,6-7H,1,4-5,8-9H2,(H2,16,19)(H,17,18). The van der Waals surface area contributed by atoms with Crippen LogP contribution >= 0.6 is 12.2 Å². The van der Waals surface area contributed by atoms with Crippen LogP contribution in [0.15, 0.2) is 24.3 Å². The van der Waals surface area contributed by atoms with Gasteiger partial charge in [-0.05, 0) is 25.0 Å². The molecule has 0 unspecified atom stereocenters. The fourth-order valence-electron chi connectivity index (χ4n) is 2.52. The Bertz CT molecular complexity index is 498. The van der Waals surface area contributed by atoms with Gasteiger partial charge in [-0.2, -0.15) is 0 Å². The molecule has 0 aromatic heterocycles. The van der Waals surface area contributed by atoms with Crippen LogP contribution in [0.4, 0.5) is 4.39 Å². The SMILES string of the molecule is NC(=S)C1(NC(=O)c2ccccc2F)CCCCC1. The molecular weight excluding hydrogens is 263 g/mol. The zero-order valence-corrected chi connectivity index (χ0v) is 11.4. The molecule has 0 saturated heterocycles. The van der Waals surface area contributed by atoms with Crippen molar-refractivity contribution in [1.82, 2.24) is 5.32 Å². The average molecular weight is 280 g/mol. The third-order valence-corrected chi connectivity index (χ3v) is 4.04. The van der Waals surface area contributed by atoms with Crippen molar-refractivity contribution in [3.63, 3.8) is 0 Å². The number of rotatable bonds is 3. The number of carbonyl (C=O) groups excluding carboxylic acids is 1. The van der Waals surface area contributed by atoms with Crippen molar-refractivity contribution in [2.24, 2.45) is 5.73 Å². The van der Waals surface area contributed by atoms with Gasteiger partial charge in [0.1, 0.15) is 5.82 Å². The number of thiocarbonyl (C=S) groups is 1. The lowest BCUT2D eigenvalue weighted by atomic mass is 9.81. The lowest BCUT2D eigenvalue weighted by Gasteiger charge is -2.37.